The van der Waals surface area contributed by atoms with E-state index in [-0.39, 0.29) is 11.2 Å². The van der Waals surface area contributed by atoms with E-state index in [0.717, 1.165) is 18.6 Å². The lowest BCUT2D eigenvalue weighted by atomic mass is 9.93. The number of rotatable bonds is 2. The molecule has 0 amide bonds. The third-order valence-corrected chi connectivity index (χ3v) is 3.85. The molecule has 4 heteroatoms. The molecule has 0 fully saturated rings. The molecule has 3 nitrogen and oxygen atoms in total. The van der Waals surface area contributed by atoms with E-state index in [9.17, 15) is 4.79 Å². The molecule has 81 valence electrons. The quantitative estimate of drug-likeness (QED) is 0.714. The van der Waals surface area contributed by atoms with Crippen LogP contribution >= 0.6 is 11.8 Å². The highest BCUT2D eigenvalue weighted by Gasteiger charge is 2.35. The van der Waals surface area contributed by atoms with Gasteiger partial charge in [-0.05, 0) is 12.8 Å². The molecular weight excluding hydrogens is 208 g/mol. The zero-order chi connectivity index (χ0) is 11.0. The Bertz CT molecular complexity index is 346. The van der Waals surface area contributed by atoms with Gasteiger partial charge in [-0.2, -0.15) is 0 Å². The van der Waals surface area contributed by atoms with E-state index in [1.165, 1.54) is 5.70 Å². The van der Waals surface area contributed by atoms with Crippen LogP contribution in [0, 0.1) is 11.3 Å². The molecule has 0 aromatic rings. The van der Waals surface area contributed by atoms with Crippen LogP contribution in [-0.2, 0) is 4.79 Å². The van der Waals surface area contributed by atoms with Gasteiger partial charge in [0.05, 0.1) is 5.71 Å². The second-order valence-electron chi connectivity index (χ2n) is 4.17. The summed E-state index contributed by atoms with van der Waals surface area (Å²) in [7, 11) is 4.07. The highest BCUT2D eigenvalue weighted by atomic mass is 32.2. The van der Waals surface area contributed by atoms with Crippen molar-refractivity contribution >= 4 is 23.3 Å². The molecule has 2 unspecified atom stereocenters. The third-order valence-electron chi connectivity index (χ3n) is 2.84. The topological polar surface area (TPSA) is 32.7 Å². The fraction of sp³-hybridized carbons (Fsp3) is 0.636. The number of fused-ring (bicyclic) bond motifs is 1. The predicted octanol–water partition coefficient (Wildman–Crippen LogP) is 1.71. The monoisotopic (exact) mass is 223 g/mol. The van der Waals surface area contributed by atoms with Gasteiger partial charge in [0.25, 0.3) is 0 Å². The molecule has 0 saturated carbocycles. The van der Waals surface area contributed by atoms with Gasteiger partial charge in [0, 0.05) is 38.0 Å². The average molecular weight is 223 g/mol. The first-order valence-electron chi connectivity index (χ1n) is 5.13. The number of thioether (sulfide) groups is 1. The van der Waals surface area contributed by atoms with Crippen LogP contribution in [0.2, 0.25) is 0 Å². The Hall–Kier alpha value is -0.770. The second kappa shape index (κ2) is 4.00. The summed E-state index contributed by atoms with van der Waals surface area (Å²) in [5.74, 6) is 0.570. The number of aliphatic imine (C=N–C) groups is 1. The maximum Gasteiger partial charge on any atom is 0.173 e. The Morgan fingerprint density at radius 3 is 2.93 bits per heavy atom. The van der Waals surface area contributed by atoms with Crippen molar-refractivity contribution in [2.75, 3.05) is 14.1 Å². The fourth-order valence-electron chi connectivity index (χ4n) is 2.01. The summed E-state index contributed by atoms with van der Waals surface area (Å²) >= 11 is 1.62. The number of hydrogen-bond acceptors (Lipinski definition) is 4. The molecule has 0 aromatic carbocycles. The van der Waals surface area contributed by atoms with Gasteiger partial charge in [-0.1, -0.05) is 11.8 Å². The normalized spacial score (nSPS) is 29.3. The third kappa shape index (κ3) is 1.95. The fourth-order valence-corrected chi connectivity index (χ4v) is 3.19. The van der Waals surface area contributed by atoms with E-state index in [1.807, 2.05) is 14.1 Å². The molecule has 0 saturated heterocycles. The summed E-state index contributed by atoms with van der Waals surface area (Å²) in [6.07, 6.45) is 1.84. The average Bonchev–Trinajstić information content (AvgIpc) is 2.59. The van der Waals surface area contributed by atoms with Crippen molar-refractivity contribution in [3.05, 3.63) is 11.1 Å². The summed E-state index contributed by atoms with van der Waals surface area (Å²) < 4.78 is 0. The number of nitrogens with zero attached hydrogens (tertiary/aromatic N) is 2. The predicted molar refractivity (Wildman–Crippen MR) is 62.7 cm³/mol. The second-order valence-corrected chi connectivity index (χ2v) is 5.09. The van der Waals surface area contributed by atoms with Crippen LogP contribution in [0.15, 0.2) is 10.7 Å². The lowest BCUT2D eigenvalue weighted by Crippen LogP contribution is -2.29. The van der Waals surface area contributed by atoms with E-state index in [4.69, 9.17) is 0 Å². The van der Waals surface area contributed by atoms with Crippen molar-refractivity contribution in [1.29, 1.82) is 0 Å². The van der Waals surface area contributed by atoms with Crippen LogP contribution < -0.4 is 0 Å². The van der Waals surface area contributed by atoms with Crippen LogP contribution in [0.5, 0.6) is 0 Å². The standard InChI is InChI=1S/C11H15N2OS/c1-7(14)9-5-4-8-10(13(2)3)6-15-11(8)12-9/h8,11H,4-5H2,1-3H3. The zero-order valence-electron chi connectivity index (χ0n) is 9.28. The molecule has 0 N–H and O–H groups in total. The van der Waals surface area contributed by atoms with Crippen LogP contribution in [0.1, 0.15) is 19.8 Å². The van der Waals surface area contributed by atoms with Crippen molar-refractivity contribution in [3.8, 4) is 0 Å². The molecule has 0 spiro atoms. The zero-order valence-corrected chi connectivity index (χ0v) is 10.1. The summed E-state index contributed by atoms with van der Waals surface area (Å²) in [5, 5.41) is 3.49. The first-order chi connectivity index (χ1) is 7.09. The summed E-state index contributed by atoms with van der Waals surface area (Å²) in [6.45, 7) is 1.60. The van der Waals surface area contributed by atoms with Crippen LogP contribution in [0.4, 0.5) is 0 Å². The lowest BCUT2D eigenvalue weighted by molar-refractivity contribution is -0.111. The number of carbonyl (C=O) groups is 1. The highest BCUT2D eigenvalue weighted by Crippen LogP contribution is 2.41. The van der Waals surface area contributed by atoms with Gasteiger partial charge < -0.3 is 4.90 Å². The van der Waals surface area contributed by atoms with Gasteiger partial charge in [-0.15, -0.1) is 0 Å². The Kier molecular flexibility index (Phi) is 2.87. The van der Waals surface area contributed by atoms with Gasteiger partial charge in [-0.25, -0.2) is 0 Å². The Labute approximate surface area is 94.6 Å². The molecule has 0 aromatic heterocycles. The van der Waals surface area contributed by atoms with Crippen LogP contribution in [-0.4, -0.2) is 35.9 Å². The van der Waals surface area contributed by atoms with E-state index in [0.29, 0.717) is 5.92 Å². The molecule has 2 atom stereocenters. The lowest BCUT2D eigenvalue weighted by Gasteiger charge is -2.27. The van der Waals surface area contributed by atoms with Crippen molar-refractivity contribution in [2.24, 2.45) is 10.9 Å². The summed E-state index contributed by atoms with van der Waals surface area (Å²) in [4.78, 5) is 17.8. The Morgan fingerprint density at radius 2 is 2.33 bits per heavy atom. The van der Waals surface area contributed by atoms with Crippen molar-refractivity contribution in [1.82, 2.24) is 4.90 Å². The van der Waals surface area contributed by atoms with Gasteiger partial charge >= 0.3 is 0 Å². The molecule has 2 rings (SSSR count). The number of carbonyl (C=O) groups excluding carboxylic acids is 1. The molecule has 1 radical (unpaired) electrons. The molecule has 0 bridgehead atoms. The first-order valence-corrected chi connectivity index (χ1v) is 6.01. The highest BCUT2D eigenvalue weighted by molar-refractivity contribution is 8.01. The number of ketones is 1. The minimum Gasteiger partial charge on any atom is -0.380 e. The van der Waals surface area contributed by atoms with Gasteiger partial charge in [0.2, 0.25) is 0 Å². The number of Topliss-reactive ketones (excluding diaryl/α,β-unsaturated/α-hetero) is 1. The minimum atomic E-state index is 0.118. The van der Waals surface area contributed by atoms with E-state index < -0.39 is 0 Å². The number of hydrogen-bond donors (Lipinski definition) is 0. The van der Waals surface area contributed by atoms with Crippen molar-refractivity contribution in [2.45, 2.75) is 25.1 Å². The van der Waals surface area contributed by atoms with Gasteiger partial charge in [-0.3, -0.25) is 9.79 Å². The smallest absolute Gasteiger partial charge is 0.173 e. The Balaban J connectivity index is 2.16. The van der Waals surface area contributed by atoms with Crippen molar-refractivity contribution in [3.63, 3.8) is 0 Å². The van der Waals surface area contributed by atoms with E-state index in [2.05, 4.69) is 15.3 Å². The van der Waals surface area contributed by atoms with Crippen molar-refractivity contribution < 1.29 is 4.79 Å². The molecular formula is C11H15N2OS. The molecule has 2 aliphatic rings. The molecule has 2 heterocycles. The minimum absolute atomic E-state index is 0.118. The van der Waals surface area contributed by atoms with Gasteiger partial charge in [0.1, 0.15) is 5.37 Å². The molecule has 0 aliphatic carbocycles. The Morgan fingerprint density at radius 1 is 1.60 bits per heavy atom. The first kappa shape index (κ1) is 10.7. The SMILES string of the molecule is CC(=O)C1=NC2S[C]=C(N(C)C)C2CC1. The van der Waals surface area contributed by atoms with E-state index in [1.54, 1.807) is 18.7 Å². The molecule has 15 heavy (non-hydrogen) atoms. The van der Waals surface area contributed by atoms with Gasteiger partial charge in [0.15, 0.2) is 5.78 Å². The summed E-state index contributed by atoms with van der Waals surface area (Å²) in [5.41, 5.74) is 1.99. The van der Waals surface area contributed by atoms with E-state index >= 15 is 0 Å². The maximum atomic E-state index is 11.2. The molecule has 2 aliphatic heterocycles. The maximum absolute atomic E-state index is 11.2. The van der Waals surface area contributed by atoms with Crippen LogP contribution in [0.3, 0.4) is 0 Å². The summed E-state index contributed by atoms with van der Waals surface area (Å²) in [6, 6.07) is 0. The van der Waals surface area contributed by atoms with Crippen LogP contribution in [0.25, 0.3) is 0 Å². The largest absolute Gasteiger partial charge is 0.380 e.